The summed E-state index contributed by atoms with van der Waals surface area (Å²) in [5.41, 5.74) is -0.138. The Labute approximate surface area is 103 Å². The summed E-state index contributed by atoms with van der Waals surface area (Å²) in [5, 5.41) is 0. The molecule has 0 fully saturated rings. The summed E-state index contributed by atoms with van der Waals surface area (Å²) in [7, 11) is 0. The molecule has 92 valence electrons. The minimum Gasteiger partial charge on any atom is -0.406 e. The first kappa shape index (κ1) is 13.7. The maximum atomic E-state index is 12.0. The van der Waals surface area contributed by atoms with Crippen LogP contribution in [-0.4, -0.2) is 18.4 Å². The lowest BCUT2D eigenvalue weighted by Crippen LogP contribution is -2.17. The Morgan fingerprint density at radius 3 is 2.41 bits per heavy atom. The predicted octanol–water partition coefficient (Wildman–Crippen LogP) is 3.36. The predicted molar refractivity (Wildman–Crippen MR) is 56.2 cm³/mol. The highest BCUT2D eigenvalue weighted by atomic mass is 79.9. The third-order valence-electron chi connectivity index (χ3n) is 1.81. The molecule has 0 aliphatic heterocycles. The zero-order chi connectivity index (χ0) is 13.2. The van der Waals surface area contributed by atoms with Crippen molar-refractivity contribution >= 4 is 28.0 Å². The SMILES string of the molecule is CC(=O)c1c(Br)cc(OC(F)(F)F)cc1C=O. The number of carbonyl (C=O) groups is 2. The molecule has 0 heterocycles. The van der Waals surface area contributed by atoms with Crippen LogP contribution in [0.15, 0.2) is 16.6 Å². The first-order valence-corrected chi connectivity index (χ1v) is 5.09. The van der Waals surface area contributed by atoms with Crippen molar-refractivity contribution in [3.8, 4) is 5.75 Å². The number of halogens is 4. The van der Waals surface area contributed by atoms with Gasteiger partial charge in [0.15, 0.2) is 12.1 Å². The van der Waals surface area contributed by atoms with Crippen molar-refractivity contribution < 1.29 is 27.5 Å². The highest BCUT2D eigenvalue weighted by Gasteiger charge is 2.31. The third-order valence-corrected chi connectivity index (χ3v) is 2.43. The summed E-state index contributed by atoms with van der Waals surface area (Å²) in [6, 6.07) is 1.85. The maximum absolute atomic E-state index is 12.0. The zero-order valence-electron chi connectivity index (χ0n) is 8.47. The number of ketones is 1. The Balaban J connectivity index is 3.27. The number of ether oxygens (including phenoxy) is 1. The Morgan fingerprint density at radius 2 is 2.00 bits per heavy atom. The zero-order valence-corrected chi connectivity index (χ0v) is 10.1. The van der Waals surface area contributed by atoms with E-state index < -0.39 is 17.9 Å². The van der Waals surface area contributed by atoms with E-state index in [1.165, 1.54) is 6.92 Å². The molecule has 3 nitrogen and oxygen atoms in total. The molecular formula is C10H6BrF3O3. The summed E-state index contributed by atoms with van der Waals surface area (Å²) >= 11 is 2.92. The van der Waals surface area contributed by atoms with Gasteiger partial charge in [-0.25, -0.2) is 0 Å². The van der Waals surface area contributed by atoms with Crippen LogP contribution in [0.2, 0.25) is 0 Å². The van der Waals surface area contributed by atoms with Crippen LogP contribution in [-0.2, 0) is 0 Å². The van der Waals surface area contributed by atoms with E-state index in [0.717, 1.165) is 12.1 Å². The number of Topliss-reactive ketones (excluding diaryl/α,β-unsaturated/α-hetero) is 1. The molecule has 0 saturated carbocycles. The molecule has 17 heavy (non-hydrogen) atoms. The van der Waals surface area contributed by atoms with Crippen LogP contribution >= 0.6 is 15.9 Å². The van der Waals surface area contributed by atoms with Crippen molar-refractivity contribution in [3.63, 3.8) is 0 Å². The van der Waals surface area contributed by atoms with Crippen molar-refractivity contribution in [2.45, 2.75) is 13.3 Å². The number of carbonyl (C=O) groups excluding carboxylic acids is 2. The molecule has 0 bridgehead atoms. The van der Waals surface area contributed by atoms with E-state index in [2.05, 4.69) is 20.7 Å². The molecule has 7 heteroatoms. The van der Waals surface area contributed by atoms with Gasteiger partial charge in [0.05, 0.1) is 0 Å². The van der Waals surface area contributed by atoms with Gasteiger partial charge in [0.2, 0.25) is 0 Å². The summed E-state index contributed by atoms with van der Waals surface area (Å²) in [6.07, 6.45) is -4.55. The second kappa shape index (κ2) is 4.87. The van der Waals surface area contributed by atoms with Gasteiger partial charge in [0, 0.05) is 15.6 Å². The number of aldehydes is 1. The topological polar surface area (TPSA) is 43.4 Å². The molecule has 0 amide bonds. The fraction of sp³-hybridized carbons (Fsp3) is 0.200. The second-order valence-electron chi connectivity index (χ2n) is 3.09. The van der Waals surface area contributed by atoms with Crippen LogP contribution in [0.1, 0.15) is 27.6 Å². The highest BCUT2D eigenvalue weighted by Crippen LogP contribution is 2.30. The van der Waals surface area contributed by atoms with Crippen LogP contribution in [0.25, 0.3) is 0 Å². The molecule has 0 aliphatic rings. The molecule has 0 saturated heterocycles. The van der Waals surface area contributed by atoms with Crippen molar-refractivity contribution in [1.29, 1.82) is 0 Å². The van der Waals surface area contributed by atoms with E-state index in [9.17, 15) is 22.8 Å². The molecule has 0 aromatic heterocycles. The van der Waals surface area contributed by atoms with Gasteiger partial charge >= 0.3 is 6.36 Å². The van der Waals surface area contributed by atoms with E-state index >= 15 is 0 Å². The first-order valence-electron chi connectivity index (χ1n) is 4.30. The van der Waals surface area contributed by atoms with Crippen molar-refractivity contribution in [2.75, 3.05) is 0 Å². The molecule has 1 aromatic carbocycles. The lowest BCUT2D eigenvalue weighted by atomic mass is 10.1. The molecule has 0 aliphatic carbocycles. The van der Waals surface area contributed by atoms with Gasteiger partial charge in [-0.05, 0) is 35.0 Å². The number of rotatable bonds is 3. The number of benzene rings is 1. The molecular weight excluding hydrogens is 305 g/mol. The molecule has 0 unspecified atom stereocenters. The minimum absolute atomic E-state index is 0.0227. The Morgan fingerprint density at radius 1 is 1.41 bits per heavy atom. The number of hydrogen-bond donors (Lipinski definition) is 0. The molecule has 0 radical (unpaired) electrons. The average Bonchev–Trinajstić information content (AvgIpc) is 2.12. The summed E-state index contributed by atoms with van der Waals surface area (Å²) in [6.45, 7) is 1.21. The second-order valence-corrected chi connectivity index (χ2v) is 3.95. The lowest BCUT2D eigenvalue weighted by molar-refractivity contribution is -0.274. The molecule has 1 rings (SSSR count). The van der Waals surface area contributed by atoms with Gasteiger partial charge < -0.3 is 4.74 Å². The van der Waals surface area contributed by atoms with Crippen molar-refractivity contribution in [1.82, 2.24) is 0 Å². The van der Waals surface area contributed by atoms with Gasteiger partial charge in [0.1, 0.15) is 5.75 Å². The molecule has 0 atom stereocenters. The summed E-state index contributed by atoms with van der Waals surface area (Å²) < 4.78 is 39.7. The third kappa shape index (κ3) is 3.55. The van der Waals surface area contributed by atoms with Crippen molar-refractivity contribution in [2.24, 2.45) is 0 Å². The van der Waals surface area contributed by atoms with E-state index in [1.807, 2.05) is 0 Å². The maximum Gasteiger partial charge on any atom is 0.573 e. The molecule has 0 N–H and O–H groups in total. The van der Waals surface area contributed by atoms with Crippen LogP contribution < -0.4 is 4.74 Å². The quantitative estimate of drug-likeness (QED) is 0.635. The fourth-order valence-electron chi connectivity index (χ4n) is 1.26. The number of hydrogen-bond acceptors (Lipinski definition) is 3. The van der Waals surface area contributed by atoms with Crippen LogP contribution in [0.4, 0.5) is 13.2 Å². The largest absolute Gasteiger partial charge is 0.573 e. The first-order chi connectivity index (χ1) is 7.74. The van der Waals surface area contributed by atoms with E-state index in [-0.39, 0.29) is 15.6 Å². The van der Waals surface area contributed by atoms with E-state index in [4.69, 9.17) is 0 Å². The lowest BCUT2D eigenvalue weighted by Gasteiger charge is -2.11. The van der Waals surface area contributed by atoms with E-state index in [1.54, 1.807) is 0 Å². The standard InChI is InChI=1S/C10H6BrF3O3/c1-5(16)9-6(4-15)2-7(3-8(9)11)17-10(12,13)14/h2-4H,1H3. The van der Waals surface area contributed by atoms with Gasteiger partial charge in [0.25, 0.3) is 0 Å². The average molecular weight is 311 g/mol. The summed E-state index contributed by atoms with van der Waals surface area (Å²) in [4.78, 5) is 21.9. The molecule has 0 spiro atoms. The van der Waals surface area contributed by atoms with Crippen LogP contribution in [0, 0.1) is 0 Å². The van der Waals surface area contributed by atoms with Gasteiger partial charge in [-0.15, -0.1) is 13.2 Å². The highest BCUT2D eigenvalue weighted by molar-refractivity contribution is 9.10. The minimum atomic E-state index is -4.85. The van der Waals surface area contributed by atoms with Gasteiger partial charge in [-0.3, -0.25) is 9.59 Å². The van der Waals surface area contributed by atoms with Crippen LogP contribution in [0.5, 0.6) is 5.75 Å². The smallest absolute Gasteiger partial charge is 0.406 e. The normalized spacial score (nSPS) is 11.1. The Bertz CT molecular complexity index is 469. The molecule has 1 aromatic rings. The number of alkyl halides is 3. The van der Waals surface area contributed by atoms with E-state index in [0.29, 0.717) is 6.29 Å². The van der Waals surface area contributed by atoms with Gasteiger partial charge in [-0.1, -0.05) is 0 Å². The Hall–Kier alpha value is -1.37. The van der Waals surface area contributed by atoms with Gasteiger partial charge in [-0.2, -0.15) is 0 Å². The summed E-state index contributed by atoms with van der Waals surface area (Å²) in [5.74, 6) is -0.992. The van der Waals surface area contributed by atoms with Crippen molar-refractivity contribution in [3.05, 3.63) is 27.7 Å². The fourth-order valence-corrected chi connectivity index (χ4v) is 1.99. The van der Waals surface area contributed by atoms with Crippen LogP contribution in [0.3, 0.4) is 0 Å². The Kier molecular flexibility index (Phi) is 3.92. The monoisotopic (exact) mass is 310 g/mol.